The fourth-order valence-corrected chi connectivity index (χ4v) is 6.26. The molecule has 0 unspecified atom stereocenters. The van der Waals surface area contributed by atoms with Crippen molar-refractivity contribution in [3.05, 3.63) is 71.4 Å². The van der Waals surface area contributed by atoms with Gasteiger partial charge in [-0.25, -0.2) is 4.57 Å². The molecule has 3 heterocycles. The van der Waals surface area contributed by atoms with E-state index in [9.17, 15) is 0 Å². The Balaban J connectivity index is 1.90. The molecule has 0 bridgehead atoms. The van der Waals surface area contributed by atoms with Crippen LogP contribution in [0.15, 0.2) is 54.7 Å². The van der Waals surface area contributed by atoms with E-state index in [0.29, 0.717) is 0 Å². The molecule has 0 saturated carbocycles. The highest BCUT2D eigenvalue weighted by atomic mass is 15.0. The normalized spacial score (nSPS) is 13.4. The minimum absolute atomic E-state index is 0.205. The number of hydrogen-bond acceptors (Lipinski definition) is 0. The van der Waals surface area contributed by atoms with Gasteiger partial charge in [-0.1, -0.05) is 71.9 Å². The maximum Gasteiger partial charge on any atom is 0.224 e. The lowest BCUT2D eigenvalue weighted by Crippen LogP contribution is -2.29. The lowest BCUT2D eigenvalue weighted by atomic mass is 9.86. The molecule has 0 atom stereocenters. The molecule has 0 aliphatic carbocycles. The first kappa shape index (κ1) is 22.3. The first-order valence-corrected chi connectivity index (χ1v) is 12.9. The number of hydrogen-bond donors (Lipinski definition) is 0. The summed E-state index contributed by atoms with van der Waals surface area (Å²) in [5.41, 5.74) is 10.1. The zero-order valence-corrected chi connectivity index (χ0v) is 22.5. The van der Waals surface area contributed by atoms with Gasteiger partial charge in [0.25, 0.3) is 0 Å². The average molecular weight is 462 g/mol. The second kappa shape index (κ2) is 7.20. The van der Waals surface area contributed by atoms with Crippen LogP contribution in [0.1, 0.15) is 58.2 Å². The Morgan fingerprint density at radius 3 is 2.20 bits per heavy atom. The highest BCUT2D eigenvalue weighted by Crippen LogP contribution is 2.42. The SMILES string of the molecule is Cc1ccc2c3cc(CC(C)(C)C)ccc3n3c4c(CC(C)(C)C)ccc5cc[n+](C)c(c1c23)c54. The third-order valence-electron chi connectivity index (χ3n) is 7.48. The summed E-state index contributed by atoms with van der Waals surface area (Å²) in [5.74, 6) is 0. The predicted octanol–water partition coefficient (Wildman–Crippen LogP) is 8.30. The molecular formula is C33H37N2+. The van der Waals surface area contributed by atoms with Crippen molar-refractivity contribution in [3.63, 3.8) is 0 Å². The summed E-state index contributed by atoms with van der Waals surface area (Å²) in [6, 6.07) is 18.8. The first-order valence-electron chi connectivity index (χ1n) is 12.9. The summed E-state index contributed by atoms with van der Waals surface area (Å²) in [5, 5.41) is 6.82. The van der Waals surface area contributed by atoms with Gasteiger partial charge in [-0.15, -0.1) is 0 Å². The van der Waals surface area contributed by atoms with Crippen LogP contribution in [0.25, 0.3) is 49.0 Å². The highest BCUT2D eigenvalue weighted by molar-refractivity contribution is 6.26. The van der Waals surface area contributed by atoms with E-state index in [1.165, 1.54) is 65.7 Å². The molecule has 2 nitrogen and oxygen atoms in total. The smallest absolute Gasteiger partial charge is 0.224 e. The zero-order valence-electron chi connectivity index (χ0n) is 22.5. The Morgan fingerprint density at radius 1 is 0.743 bits per heavy atom. The molecule has 0 aliphatic rings. The molecule has 0 fully saturated rings. The number of fused-ring (bicyclic) bond motifs is 5. The van der Waals surface area contributed by atoms with E-state index in [2.05, 4.69) is 119 Å². The van der Waals surface area contributed by atoms with Gasteiger partial charge in [0, 0.05) is 16.8 Å². The fraction of sp³-hybridized carbons (Fsp3) is 0.364. The van der Waals surface area contributed by atoms with Crippen molar-refractivity contribution in [2.45, 2.75) is 61.3 Å². The van der Waals surface area contributed by atoms with Crippen molar-refractivity contribution in [3.8, 4) is 0 Å². The molecule has 178 valence electrons. The van der Waals surface area contributed by atoms with Crippen molar-refractivity contribution < 1.29 is 4.57 Å². The maximum atomic E-state index is 2.60. The van der Waals surface area contributed by atoms with E-state index in [0.717, 1.165) is 12.8 Å². The van der Waals surface area contributed by atoms with Crippen LogP contribution in [0.2, 0.25) is 0 Å². The number of nitrogens with zero attached hydrogens (tertiary/aromatic N) is 2. The second-order valence-corrected chi connectivity index (χ2v) is 13.1. The lowest BCUT2D eigenvalue weighted by Gasteiger charge is -2.21. The summed E-state index contributed by atoms with van der Waals surface area (Å²) < 4.78 is 4.94. The average Bonchev–Trinajstić information content (AvgIpc) is 3.07. The van der Waals surface area contributed by atoms with Gasteiger partial charge in [0.1, 0.15) is 7.05 Å². The largest absolute Gasteiger partial charge is 0.307 e. The van der Waals surface area contributed by atoms with E-state index in [1.54, 1.807) is 0 Å². The quantitative estimate of drug-likeness (QED) is 0.139. The highest BCUT2D eigenvalue weighted by Gasteiger charge is 2.26. The maximum absolute atomic E-state index is 2.60. The fourth-order valence-electron chi connectivity index (χ4n) is 6.26. The van der Waals surface area contributed by atoms with Gasteiger partial charge < -0.3 is 4.40 Å². The van der Waals surface area contributed by atoms with Gasteiger partial charge in [-0.3, -0.25) is 0 Å². The van der Waals surface area contributed by atoms with E-state index >= 15 is 0 Å². The van der Waals surface area contributed by atoms with Crippen LogP contribution in [-0.4, -0.2) is 4.40 Å². The van der Waals surface area contributed by atoms with Crippen LogP contribution in [-0.2, 0) is 19.9 Å². The topological polar surface area (TPSA) is 8.29 Å². The van der Waals surface area contributed by atoms with Crippen molar-refractivity contribution in [1.29, 1.82) is 0 Å². The summed E-state index contributed by atoms with van der Waals surface area (Å²) >= 11 is 0. The van der Waals surface area contributed by atoms with Crippen LogP contribution in [0.4, 0.5) is 0 Å². The van der Waals surface area contributed by atoms with E-state index in [1.807, 2.05) is 0 Å². The summed E-state index contributed by atoms with van der Waals surface area (Å²) in [6.07, 6.45) is 4.35. The van der Waals surface area contributed by atoms with Gasteiger partial charge >= 0.3 is 0 Å². The molecule has 0 amide bonds. The van der Waals surface area contributed by atoms with E-state index in [4.69, 9.17) is 0 Å². The van der Waals surface area contributed by atoms with Crippen molar-refractivity contribution in [1.82, 2.24) is 4.40 Å². The molecule has 3 aromatic heterocycles. The van der Waals surface area contributed by atoms with Crippen molar-refractivity contribution in [2.75, 3.05) is 0 Å². The van der Waals surface area contributed by atoms with Gasteiger partial charge in [0.2, 0.25) is 5.52 Å². The Hall–Kier alpha value is -3.13. The zero-order chi connectivity index (χ0) is 24.9. The van der Waals surface area contributed by atoms with Gasteiger partial charge in [0.15, 0.2) is 6.20 Å². The number of benzene rings is 3. The Morgan fingerprint density at radius 2 is 1.49 bits per heavy atom. The van der Waals surface area contributed by atoms with Crippen LogP contribution in [0.5, 0.6) is 0 Å². The third kappa shape index (κ3) is 3.41. The van der Waals surface area contributed by atoms with Crippen LogP contribution < -0.4 is 4.57 Å². The molecular weight excluding hydrogens is 424 g/mol. The van der Waals surface area contributed by atoms with Crippen LogP contribution in [0.3, 0.4) is 0 Å². The second-order valence-electron chi connectivity index (χ2n) is 13.1. The summed E-state index contributed by atoms with van der Waals surface area (Å²) in [7, 11) is 2.20. The van der Waals surface area contributed by atoms with Gasteiger partial charge in [-0.2, -0.15) is 0 Å². The Bertz CT molecular complexity index is 1770. The molecule has 35 heavy (non-hydrogen) atoms. The van der Waals surface area contributed by atoms with Gasteiger partial charge in [-0.05, 0) is 64.8 Å². The third-order valence-corrected chi connectivity index (χ3v) is 7.48. The van der Waals surface area contributed by atoms with Gasteiger partial charge in [0.05, 0.1) is 27.3 Å². The summed E-state index contributed by atoms with van der Waals surface area (Å²) in [4.78, 5) is 0. The molecule has 6 rings (SSSR count). The monoisotopic (exact) mass is 461 g/mol. The van der Waals surface area contributed by atoms with Crippen LogP contribution >= 0.6 is 0 Å². The molecule has 0 radical (unpaired) electrons. The van der Waals surface area contributed by atoms with E-state index < -0.39 is 0 Å². The van der Waals surface area contributed by atoms with E-state index in [-0.39, 0.29) is 10.8 Å². The predicted molar refractivity (Wildman–Crippen MR) is 151 cm³/mol. The molecule has 0 spiro atoms. The molecule has 2 heteroatoms. The number of aryl methyl sites for hydroxylation is 2. The number of rotatable bonds is 2. The van der Waals surface area contributed by atoms with Crippen LogP contribution in [0, 0.1) is 17.8 Å². The number of pyridine rings is 2. The Kier molecular flexibility index (Phi) is 4.59. The molecule has 0 saturated heterocycles. The molecule has 3 aromatic carbocycles. The minimum Gasteiger partial charge on any atom is -0.307 e. The number of aromatic nitrogens is 2. The Labute approximate surface area is 208 Å². The van der Waals surface area contributed by atoms with Crippen molar-refractivity contribution >= 4 is 49.0 Å². The molecule has 0 N–H and O–H groups in total. The minimum atomic E-state index is 0.205. The molecule has 6 aromatic rings. The lowest BCUT2D eigenvalue weighted by molar-refractivity contribution is -0.643. The standard InChI is InChI=1S/C33H37N2/c1-20-9-13-24-25-17-21(18-32(2,3)4)10-14-26(25)35-29-23(19-33(5,6)7)12-11-22-15-16-34(8)31(28(22)29)27(20)30(24)35/h9-17H,18-19H2,1-8H3/q+1. The summed E-state index contributed by atoms with van der Waals surface area (Å²) in [6.45, 7) is 16.3. The molecule has 0 aliphatic heterocycles. The first-order chi connectivity index (χ1) is 16.4. The van der Waals surface area contributed by atoms with Crippen molar-refractivity contribution in [2.24, 2.45) is 17.9 Å².